The zero-order valence-electron chi connectivity index (χ0n) is 10.2. The van der Waals surface area contributed by atoms with Gasteiger partial charge in [0, 0.05) is 29.7 Å². The lowest BCUT2D eigenvalue weighted by Gasteiger charge is -2.10. The van der Waals surface area contributed by atoms with Crippen molar-refractivity contribution in [2.75, 3.05) is 18.4 Å². The molecule has 3 nitrogen and oxygen atoms in total. The third kappa shape index (κ3) is 3.00. The Morgan fingerprint density at radius 3 is 2.84 bits per heavy atom. The van der Waals surface area contributed by atoms with E-state index in [9.17, 15) is 4.39 Å². The van der Waals surface area contributed by atoms with Gasteiger partial charge in [0.25, 0.3) is 0 Å². The molecule has 0 bridgehead atoms. The molecule has 0 saturated heterocycles. The first-order valence-electron chi connectivity index (χ1n) is 6.02. The van der Waals surface area contributed by atoms with Crippen molar-refractivity contribution in [3.8, 4) is 11.5 Å². The SMILES string of the molecule is Fc1cccc(Oc2ccc3c(c2)SNCCN3)c1. The van der Waals surface area contributed by atoms with Crippen molar-refractivity contribution < 1.29 is 9.13 Å². The molecule has 0 amide bonds. The highest BCUT2D eigenvalue weighted by Crippen LogP contribution is 2.32. The van der Waals surface area contributed by atoms with Crippen LogP contribution in [-0.4, -0.2) is 13.1 Å². The van der Waals surface area contributed by atoms with Crippen LogP contribution in [0.3, 0.4) is 0 Å². The van der Waals surface area contributed by atoms with Gasteiger partial charge in [-0.05, 0) is 42.3 Å². The monoisotopic (exact) mass is 276 g/mol. The highest BCUT2D eigenvalue weighted by molar-refractivity contribution is 7.97. The lowest BCUT2D eigenvalue weighted by atomic mass is 10.3. The van der Waals surface area contributed by atoms with Crippen LogP contribution in [-0.2, 0) is 0 Å². The van der Waals surface area contributed by atoms with Gasteiger partial charge in [-0.3, -0.25) is 4.72 Å². The maximum atomic E-state index is 13.1. The lowest BCUT2D eigenvalue weighted by molar-refractivity contribution is 0.475. The summed E-state index contributed by atoms with van der Waals surface area (Å²) < 4.78 is 22.0. The van der Waals surface area contributed by atoms with Crippen molar-refractivity contribution in [2.24, 2.45) is 0 Å². The summed E-state index contributed by atoms with van der Waals surface area (Å²) in [7, 11) is 0. The van der Waals surface area contributed by atoms with Crippen LogP contribution in [0, 0.1) is 5.82 Å². The Balaban J connectivity index is 1.84. The van der Waals surface area contributed by atoms with Crippen LogP contribution < -0.4 is 14.8 Å². The zero-order valence-corrected chi connectivity index (χ0v) is 11.0. The lowest BCUT2D eigenvalue weighted by Crippen LogP contribution is -2.12. The molecule has 2 aromatic carbocycles. The van der Waals surface area contributed by atoms with Gasteiger partial charge in [0.15, 0.2) is 0 Å². The molecule has 1 heterocycles. The first-order valence-corrected chi connectivity index (χ1v) is 6.84. The minimum absolute atomic E-state index is 0.301. The summed E-state index contributed by atoms with van der Waals surface area (Å²) in [5.41, 5.74) is 1.08. The number of benzene rings is 2. The normalized spacial score (nSPS) is 14.2. The summed E-state index contributed by atoms with van der Waals surface area (Å²) in [6.07, 6.45) is 0. The number of hydrogen-bond acceptors (Lipinski definition) is 4. The highest BCUT2D eigenvalue weighted by atomic mass is 32.2. The number of nitrogens with one attached hydrogen (secondary N) is 2. The Kier molecular flexibility index (Phi) is 3.57. The van der Waals surface area contributed by atoms with Gasteiger partial charge in [0.2, 0.25) is 0 Å². The Bertz CT molecular complexity index is 591. The molecule has 0 aliphatic carbocycles. The molecule has 0 aromatic heterocycles. The Hall–Kier alpha value is -1.72. The second-order valence-electron chi connectivity index (χ2n) is 4.14. The Morgan fingerprint density at radius 1 is 1.05 bits per heavy atom. The minimum Gasteiger partial charge on any atom is -0.457 e. The number of hydrogen-bond donors (Lipinski definition) is 2. The largest absolute Gasteiger partial charge is 0.457 e. The molecule has 3 rings (SSSR count). The van der Waals surface area contributed by atoms with Gasteiger partial charge in [0.05, 0.1) is 0 Å². The Morgan fingerprint density at radius 2 is 1.95 bits per heavy atom. The van der Waals surface area contributed by atoms with E-state index in [1.807, 2.05) is 18.2 Å². The number of rotatable bonds is 2. The number of ether oxygens (including phenoxy) is 1. The van der Waals surface area contributed by atoms with Crippen molar-refractivity contribution in [1.29, 1.82) is 0 Å². The van der Waals surface area contributed by atoms with Crippen LogP contribution in [0.15, 0.2) is 47.4 Å². The average Bonchev–Trinajstić information content (AvgIpc) is 2.63. The second-order valence-corrected chi connectivity index (χ2v) is 5.07. The molecule has 0 atom stereocenters. The van der Waals surface area contributed by atoms with Gasteiger partial charge in [-0.25, -0.2) is 4.39 Å². The molecule has 1 aliphatic heterocycles. The van der Waals surface area contributed by atoms with Crippen molar-refractivity contribution in [2.45, 2.75) is 4.90 Å². The number of anilines is 1. The van der Waals surface area contributed by atoms with E-state index in [1.54, 1.807) is 24.1 Å². The van der Waals surface area contributed by atoms with E-state index < -0.39 is 0 Å². The molecule has 5 heteroatoms. The van der Waals surface area contributed by atoms with E-state index >= 15 is 0 Å². The maximum absolute atomic E-state index is 13.1. The van der Waals surface area contributed by atoms with Gasteiger partial charge >= 0.3 is 0 Å². The number of fused-ring (bicyclic) bond motifs is 1. The van der Waals surface area contributed by atoms with Gasteiger partial charge in [-0.1, -0.05) is 6.07 Å². The van der Waals surface area contributed by atoms with Crippen molar-refractivity contribution >= 4 is 17.6 Å². The topological polar surface area (TPSA) is 33.3 Å². The molecule has 0 radical (unpaired) electrons. The summed E-state index contributed by atoms with van der Waals surface area (Å²) in [5.74, 6) is 0.895. The van der Waals surface area contributed by atoms with Crippen molar-refractivity contribution in [1.82, 2.24) is 4.72 Å². The summed E-state index contributed by atoms with van der Waals surface area (Å²) in [4.78, 5) is 1.08. The van der Waals surface area contributed by atoms with Crippen LogP contribution >= 0.6 is 11.9 Å². The molecular weight excluding hydrogens is 263 g/mol. The van der Waals surface area contributed by atoms with E-state index in [0.717, 1.165) is 23.7 Å². The van der Waals surface area contributed by atoms with Gasteiger partial charge in [0.1, 0.15) is 17.3 Å². The third-order valence-electron chi connectivity index (χ3n) is 2.71. The summed E-state index contributed by atoms with van der Waals surface area (Å²) in [6, 6.07) is 11.9. The van der Waals surface area contributed by atoms with E-state index in [1.165, 1.54) is 12.1 Å². The molecular formula is C14H13FN2OS. The summed E-state index contributed by atoms with van der Waals surface area (Å²) >= 11 is 1.57. The first kappa shape index (κ1) is 12.3. The number of halogens is 1. The molecule has 1 aliphatic rings. The smallest absolute Gasteiger partial charge is 0.130 e. The molecule has 98 valence electrons. The predicted octanol–water partition coefficient (Wildman–Crippen LogP) is 3.64. The van der Waals surface area contributed by atoms with Crippen molar-refractivity contribution in [3.63, 3.8) is 0 Å². The van der Waals surface area contributed by atoms with Gasteiger partial charge in [-0.15, -0.1) is 0 Å². The summed E-state index contributed by atoms with van der Waals surface area (Å²) in [5, 5.41) is 3.33. The molecule has 0 unspecified atom stereocenters. The minimum atomic E-state index is -0.301. The molecule has 0 spiro atoms. The zero-order chi connectivity index (χ0) is 13.1. The average molecular weight is 276 g/mol. The van der Waals surface area contributed by atoms with E-state index in [2.05, 4.69) is 10.0 Å². The quantitative estimate of drug-likeness (QED) is 0.820. The molecule has 2 aromatic rings. The van der Waals surface area contributed by atoms with Crippen LogP contribution in [0.2, 0.25) is 0 Å². The van der Waals surface area contributed by atoms with Gasteiger partial charge in [-0.2, -0.15) is 0 Å². The van der Waals surface area contributed by atoms with E-state index in [4.69, 9.17) is 4.74 Å². The predicted molar refractivity (Wildman–Crippen MR) is 75.3 cm³/mol. The third-order valence-corrected chi connectivity index (χ3v) is 3.62. The standard InChI is InChI=1S/C14H13FN2OS/c15-10-2-1-3-11(8-10)18-12-4-5-13-14(9-12)19-17-7-6-16-13/h1-5,8-9,16-17H,6-7H2. The maximum Gasteiger partial charge on any atom is 0.130 e. The van der Waals surface area contributed by atoms with Crippen LogP contribution in [0.5, 0.6) is 11.5 Å². The van der Waals surface area contributed by atoms with Crippen molar-refractivity contribution in [3.05, 3.63) is 48.3 Å². The fourth-order valence-corrected chi connectivity index (χ4v) is 2.63. The van der Waals surface area contributed by atoms with Crippen LogP contribution in [0.1, 0.15) is 0 Å². The van der Waals surface area contributed by atoms with Crippen LogP contribution in [0.25, 0.3) is 0 Å². The highest BCUT2D eigenvalue weighted by Gasteiger charge is 2.09. The van der Waals surface area contributed by atoms with Crippen LogP contribution in [0.4, 0.5) is 10.1 Å². The molecule has 2 N–H and O–H groups in total. The first-order chi connectivity index (χ1) is 9.31. The fourth-order valence-electron chi connectivity index (χ4n) is 1.84. The molecule has 0 fully saturated rings. The second kappa shape index (κ2) is 5.50. The van der Waals surface area contributed by atoms with E-state index in [-0.39, 0.29) is 5.82 Å². The van der Waals surface area contributed by atoms with E-state index in [0.29, 0.717) is 11.5 Å². The fraction of sp³-hybridized carbons (Fsp3) is 0.143. The van der Waals surface area contributed by atoms with Gasteiger partial charge < -0.3 is 10.1 Å². The summed E-state index contributed by atoms with van der Waals surface area (Å²) in [6.45, 7) is 1.80. The molecule has 19 heavy (non-hydrogen) atoms. The Labute approximate surface area is 115 Å². The molecule has 0 saturated carbocycles.